The summed E-state index contributed by atoms with van der Waals surface area (Å²) in [5.74, 6) is 0. The molecule has 2 heteroatoms. The minimum Gasteiger partial charge on any atom is -0.312 e. The lowest BCUT2D eigenvalue weighted by atomic mass is 10.00. The van der Waals surface area contributed by atoms with Crippen molar-refractivity contribution in [2.24, 2.45) is 0 Å². The third-order valence-corrected chi connectivity index (χ3v) is 10.9. The Hall–Kier alpha value is -7.34. The number of anilines is 3. The highest BCUT2D eigenvalue weighted by atomic mass is 15.1. The number of allylic oxidation sites excluding steroid dienone is 1. The predicted molar refractivity (Wildman–Crippen MR) is 235 cm³/mol. The van der Waals surface area contributed by atoms with Crippen molar-refractivity contribution < 1.29 is 0 Å². The summed E-state index contributed by atoms with van der Waals surface area (Å²) in [7, 11) is 0. The fourth-order valence-corrected chi connectivity index (χ4v) is 8.16. The molecule has 10 rings (SSSR count). The van der Waals surface area contributed by atoms with Crippen molar-refractivity contribution in [3.8, 4) is 50.2 Å². The van der Waals surface area contributed by atoms with Gasteiger partial charge in [0.1, 0.15) is 0 Å². The van der Waals surface area contributed by atoms with Crippen LogP contribution < -0.4 is 4.90 Å². The topological polar surface area (TPSA) is 8.17 Å². The summed E-state index contributed by atoms with van der Waals surface area (Å²) < 4.78 is 2.46. The van der Waals surface area contributed by atoms with Gasteiger partial charge in [-0.05, 0) is 101 Å². The zero-order valence-corrected chi connectivity index (χ0v) is 30.9. The molecule has 2 nitrogen and oxygen atoms in total. The van der Waals surface area contributed by atoms with Crippen molar-refractivity contribution in [1.29, 1.82) is 0 Å². The predicted octanol–water partition coefficient (Wildman–Crippen LogP) is 14.3. The molecule has 0 unspecified atom stereocenters. The maximum atomic E-state index is 3.60. The first kappa shape index (κ1) is 33.2. The van der Waals surface area contributed by atoms with Crippen LogP contribution in [0.25, 0.3) is 67.2 Å². The van der Waals surface area contributed by atoms with Crippen LogP contribution in [-0.4, -0.2) is 4.57 Å². The van der Waals surface area contributed by atoms with Gasteiger partial charge in [0.05, 0.1) is 16.9 Å². The molecule has 0 saturated heterocycles. The molecule has 1 heterocycles. The van der Waals surface area contributed by atoms with Gasteiger partial charge < -0.3 is 9.47 Å². The van der Waals surface area contributed by atoms with Gasteiger partial charge in [-0.25, -0.2) is 0 Å². The average molecular weight is 715 g/mol. The van der Waals surface area contributed by atoms with E-state index in [2.05, 4.69) is 228 Å². The van der Waals surface area contributed by atoms with Gasteiger partial charge in [0.2, 0.25) is 0 Å². The van der Waals surface area contributed by atoms with Crippen molar-refractivity contribution in [1.82, 2.24) is 4.57 Å². The van der Waals surface area contributed by atoms with Crippen LogP contribution in [0.1, 0.15) is 17.7 Å². The van der Waals surface area contributed by atoms with Crippen LogP contribution in [0.5, 0.6) is 0 Å². The lowest BCUT2D eigenvalue weighted by Crippen LogP contribution is -2.09. The second kappa shape index (κ2) is 14.5. The van der Waals surface area contributed by atoms with Gasteiger partial charge in [-0.2, -0.15) is 0 Å². The van der Waals surface area contributed by atoms with Gasteiger partial charge in [-0.3, -0.25) is 0 Å². The Morgan fingerprint density at radius 1 is 0.446 bits per heavy atom. The molecule has 0 atom stereocenters. The number of para-hydroxylation sites is 2. The van der Waals surface area contributed by atoms with E-state index in [1.807, 2.05) is 0 Å². The molecular formula is C54H38N2. The number of benzene rings is 7. The number of aromatic nitrogens is 1. The number of fused-ring (bicyclic) bond motifs is 3. The van der Waals surface area contributed by atoms with Gasteiger partial charge in [-0.15, -0.1) is 0 Å². The Morgan fingerprint density at radius 3 is 1.55 bits per heavy atom. The molecule has 1 aromatic heterocycles. The fourth-order valence-electron chi connectivity index (χ4n) is 8.16. The Kier molecular flexibility index (Phi) is 8.59. The third-order valence-electron chi connectivity index (χ3n) is 10.9. The lowest BCUT2D eigenvalue weighted by Gasteiger charge is -2.25. The summed E-state index contributed by atoms with van der Waals surface area (Å²) >= 11 is 0. The quantitative estimate of drug-likeness (QED) is 0.152. The minimum atomic E-state index is 0.924. The van der Waals surface area contributed by atoms with Gasteiger partial charge >= 0.3 is 0 Å². The molecule has 9 aromatic rings. The van der Waals surface area contributed by atoms with Gasteiger partial charge in [0.15, 0.2) is 0 Å². The first-order valence-electron chi connectivity index (χ1n) is 19.3. The third kappa shape index (κ3) is 6.16. The molecule has 1 aliphatic carbocycles. The summed E-state index contributed by atoms with van der Waals surface area (Å²) in [5, 5.41) is 1.29. The molecule has 0 amide bonds. The van der Waals surface area contributed by atoms with Crippen molar-refractivity contribution in [2.75, 3.05) is 4.90 Å². The van der Waals surface area contributed by atoms with Crippen molar-refractivity contribution in [3.63, 3.8) is 0 Å². The number of rotatable bonds is 8. The normalized spacial score (nSPS) is 11.9. The maximum absolute atomic E-state index is 3.60. The molecule has 0 N–H and O–H groups in total. The van der Waals surface area contributed by atoms with E-state index in [9.17, 15) is 0 Å². The van der Waals surface area contributed by atoms with Gasteiger partial charge in [0.25, 0.3) is 0 Å². The summed E-state index contributed by atoms with van der Waals surface area (Å²) in [5.41, 5.74) is 17.4. The van der Waals surface area contributed by atoms with Crippen molar-refractivity contribution in [2.45, 2.75) is 12.8 Å². The summed E-state index contributed by atoms with van der Waals surface area (Å²) in [6.45, 7) is 0. The Morgan fingerprint density at radius 2 is 0.964 bits per heavy atom. The molecule has 0 bridgehead atoms. The summed E-state index contributed by atoms with van der Waals surface area (Å²) in [6.07, 6.45) is 6.65. The summed E-state index contributed by atoms with van der Waals surface area (Å²) in [6, 6.07) is 76.5. The number of nitrogens with zero attached hydrogens (tertiary/aromatic N) is 2. The smallest absolute Gasteiger partial charge is 0.0973 e. The van der Waals surface area contributed by atoms with Crippen LogP contribution in [0.2, 0.25) is 0 Å². The number of hydrogen-bond donors (Lipinski definition) is 0. The molecule has 0 spiro atoms. The minimum absolute atomic E-state index is 0.924. The van der Waals surface area contributed by atoms with E-state index < -0.39 is 0 Å². The van der Waals surface area contributed by atoms with Crippen LogP contribution in [-0.2, 0) is 6.42 Å². The van der Waals surface area contributed by atoms with Crippen molar-refractivity contribution >= 4 is 34.0 Å². The van der Waals surface area contributed by atoms with E-state index in [0.29, 0.717) is 0 Å². The van der Waals surface area contributed by atoms with E-state index in [-0.39, 0.29) is 0 Å². The van der Waals surface area contributed by atoms with E-state index in [1.165, 1.54) is 61.2 Å². The standard InChI is InChI=1S/C54H38N2/c1-3-13-39(14-4-1)41-23-25-42(26-24-41)44-29-35-47(36-30-44)55(46-33-27-43(28-34-46)40-15-5-2-6-16-40)48-37-31-45(32-38-48)49-17-7-10-20-52(49)56-53-21-11-8-18-50(53)51-19-9-12-22-54(51)56/h1-11,13-21,23-31,33-37H,12,22H2. The molecule has 56 heavy (non-hydrogen) atoms. The molecule has 0 saturated carbocycles. The highest BCUT2D eigenvalue weighted by molar-refractivity contribution is 5.94. The molecule has 0 radical (unpaired) electrons. The fraction of sp³-hybridized carbons (Fsp3) is 0.0370. The SMILES string of the molecule is c1c(-c2ccccc2-n2c3c(c4ccccc42)C=CCC3)ccc(N(c2ccc(-c3ccccc3)cc2)c2ccc(-c3ccc(-c4ccccc4)cc3)cc2)c#1. The Balaban J connectivity index is 1.02. The first-order chi connectivity index (χ1) is 27.8. The second-order valence-electron chi connectivity index (χ2n) is 14.3. The van der Waals surface area contributed by atoms with Crippen LogP contribution in [0.4, 0.5) is 17.1 Å². The lowest BCUT2D eigenvalue weighted by molar-refractivity contribution is 0.889. The molecule has 0 aliphatic heterocycles. The van der Waals surface area contributed by atoms with Crippen LogP contribution in [0.15, 0.2) is 200 Å². The molecule has 0 fully saturated rings. The van der Waals surface area contributed by atoms with Crippen LogP contribution in [0.3, 0.4) is 0 Å². The highest BCUT2D eigenvalue weighted by Gasteiger charge is 2.21. The Bertz CT molecular complexity index is 2790. The average Bonchev–Trinajstić information content (AvgIpc) is 3.62. The van der Waals surface area contributed by atoms with Crippen LogP contribution in [0, 0.1) is 12.1 Å². The van der Waals surface area contributed by atoms with E-state index in [1.54, 1.807) is 0 Å². The zero-order valence-electron chi connectivity index (χ0n) is 30.9. The zero-order chi connectivity index (χ0) is 37.3. The van der Waals surface area contributed by atoms with E-state index >= 15 is 0 Å². The van der Waals surface area contributed by atoms with Gasteiger partial charge in [0, 0.05) is 39.1 Å². The molecule has 8 aromatic carbocycles. The largest absolute Gasteiger partial charge is 0.312 e. The highest BCUT2D eigenvalue weighted by Crippen LogP contribution is 2.39. The molecular weight excluding hydrogens is 677 g/mol. The Labute approximate surface area is 328 Å². The van der Waals surface area contributed by atoms with Crippen LogP contribution >= 0.6 is 0 Å². The van der Waals surface area contributed by atoms with Crippen molar-refractivity contribution in [3.05, 3.63) is 224 Å². The summed E-state index contributed by atoms with van der Waals surface area (Å²) in [4.78, 5) is 2.27. The first-order valence-corrected chi connectivity index (χ1v) is 19.3. The molecule has 264 valence electrons. The number of hydrogen-bond acceptors (Lipinski definition) is 1. The van der Waals surface area contributed by atoms with E-state index in [4.69, 9.17) is 0 Å². The molecule has 1 aliphatic rings. The second-order valence-corrected chi connectivity index (χ2v) is 14.3. The monoisotopic (exact) mass is 714 g/mol. The van der Waals surface area contributed by atoms with Gasteiger partial charge in [-0.1, -0.05) is 164 Å². The van der Waals surface area contributed by atoms with E-state index in [0.717, 1.165) is 41.0 Å². The maximum Gasteiger partial charge on any atom is 0.0973 e.